The minimum absolute atomic E-state index is 0.142. The predicted molar refractivity (Wildman–Crippen MR) is 92.9 cm³/mol. The maximum Gasteiger partial charge on any atom is 0.225 e. The van der Waals surface area contributed by atoms with Gasteiger partial charge in [-0.25, -0.2) is 0 Å². The topological polar surface area (TPSA) is 54.9 Å². The molecule has 4 heterocycles. The number of likely N-dealkylation sites (tertiary alicyclic amines) is 1. The van der Waals surface area contributed by atoms with Gasteiger partial charge < -0.3 is 14.4 Å². The molecule has 0 unspecified atom stereocenters. The van der Waals surface area contributed by atoms with Crippen LogP contribution in [0.2, 0.25) is 0 Å². The highest BCUT2D eigenvalue weighted by Crippen LogP contribution is 2.27. The van der Waals surface area contributed by atoms with Crippen molar-refractivity contribution >= 4 is 5.91 Å². The molecule has 0 aromatic carbocycles. The fourth-order valence-corrected chi connectivity index (χ4v) is 4.26. The van der Waals surface area contributed by atoms with Gasteiger partial charge in [0.2, 0.25) is 5.91 Å². The van der Waals surface area contributed by atoms with Crippen molar-refractivity contribution in [1.82, 2.24) is 14.8 Å². The minimum Gasteiger partial charge on any atom is -0.381 e. The van der Waals surface area contributed by atoms with Crippen molar-refractivity contribution in [1.29, 1.82) is 0 Å². The summed E-state index contributed by atoms with van der Waals surface area (Å²) in [6.07, 6.45) is 6.59. The number of carbonyl (C=O) groups is 1. The molecule has 6 heteroatoms. The second kappa shape index (κ2) is 7.81. The quantitative estimate of drug-likeness (QED) is 0.827. The Labute approximate surface area is 149 Å². The van der Waals surface area contributed by atoms with E-state index in [9.17, 15) is 4.79 Å². The van der Waals surface area contributed by atoms with Gasteiger partial charge in [0.25, 0.3) is 0 Å². The van der Waals surface area contributed by atoms with Gasteiger partial charge in [-0.3, -0.25) is 14.7 Å². The number of ether oxygens (including phenoxy) is 2. The van der Waals surface area contributed by atoms with Gasteiger partial charge in [0.05, 0.1) is 18.8 Å². The Bertz CT molecular complexity index is 577. The summed E-state index contributed by atoms with van der Waals surface area (Å²) < 4.78 is 11.4. The fraction of sp³-hybridized carbons (Fsp3) is 0.684. The van der Waals surface area contributed by atoms with Gasteiger partial charge in [0, 0.05) is 57.7 Å². The molecule has 0 saturated carbocycles. The van der Waals surface area contributed by atoms with Crippen LogP contribution in [0.1, 0.15) is 24.8 Å². The monoisotopic (exact) mass is 345 g/mol. The Morgan fingerprint density at radius 1 is 1.12 bits per heavy atom. The van der Waals surface area contributed by atoms with Crippen LogP contribution in [0.4, 0.5) is 0 Å². The molecule has 0 bridgehead atoms. The van der Waals surface area contributed by atoms with E-state index >= 15 is 0 Å². The zero-order valence-electron chi connectivity index (χ0n) is 14.7. The Morgan fingerprint density at radius 3 is 2.72 bits per heavy atom. The molecule has 0 aliphatic carbocycles. The molecular formula is C19H27N3O3. The number of carbonyl (C=O) groups excluding carboxylic acids is 1. The Hall–Kier alpha value is -1.50. The van der Waals surface area contributed by atoms with E-state index < -0.39 is 0 Å². The van der Waals surface area contributed by atoms with Crippen LogP contribution in [0.25, 0.3) is 0 Å². The van der Waals surface area contributed by atoms with E-state index in [4.69, 9.17) is 9.47 Å². The Kier molecular flexibility index (Phi) is 5.29. The number of hydrogen-bond donors (Lipinski definition) is 0. The number of amides is 1. The summed E-state index contributed by atoms with van der Waals surface area (Å²) in [4.78, 5) is 21.5. The summed E-state index contributed by atoms with van der Waals surface area (Å²) in [7, 11) is 0. The van der Waals surface area contributed by atoms with Crippen LogP contribution in [0.5, 0.6) is 0 Å². The number of fused-ring (bicyclic) bond motifs is 1. The largest absolute Gasteiger partial charge is 0.381 e. The molecule has 3 aliphatic heterocycles. The smallest absolute Gasteiger partial charge is 0.225 e. The molecule has 2 atom stereocenters. The second-order valence-electron chi connectivity index (χ2n) is 7.26. The van der Waals surface area contributed by atoms with Crippen molar-refractivity contribution < 1.29 is 14.3 Å². The van der Waals surface area contributed by atoms with Crippen LogP contribution in [0.3, 0.4) is 0 Å². The first-order chi connectivity index (χ1) is 12.3. The van der Waals surface area contributed by atoms with Crippen molar-refractivity contribution in [2.45, 2.75) is 38.0 Å². The number of rotatable bonds is 3. The summed E-state index contributed by atoms with van der Waals surface area (Å²) in [5.74, 6) is 0.458. The van der Waals surface area contributed by atoms with E-state index in [-0.39, 0.29) is 12.0 Å². The molecule has 25 heavy (non-hydrogen) atoms. The molecular weight excluding hydrogens is 318 g/mol. The van der Waals surface area contributed by atoms with E-state index in [1.54, 1.807) is 0 Å². The highest BCUT2D eigenvalue weighted by molar-refractivity contribution is 5.79. The van der Waals surface area contributed by atoms with Crippen molar-refractivity contribution in [3.8, 4) is 0 Å². The van der Waals surface area contributed by atoms with Gasteiger partial charge in [-0.15, -0.1) is 0 Å². The van der Waals surface area contributed by atoms with Crippen LogP contribution in [0.15, 0.2) is 24.5 Å². The highest BCUT2D eigenvalue weighted by atomic mass is 16.5. The first-order valence-corrected chi connectivity index (χ1v) is 9.42. The summed E-state index contributed by atoms with van der Waals surface area (Å²) >= 11 is 0. The molecule has 3 aliphatic rings. The van der Waals surface area contributed by atoms with E-state index in [1.807, 2.05) is 12.4 Å². The van der Waals surface area contributed by atoms with Crippen molar-refractivity contribution in [3.05, 3.63) is 30.1 Å². The third-order valence-electron chi connectivity index (χ3n) is 5.72. The van der Waals surface area contributed by atoms with Gasteiger partial charge in [-0.1, -0.05) is 0 Å². The molecule has 136 valence electrons. The van der Waals surface area contributed by atoms with E-state index in [1.165, 1.54) is 5.56 Å². The Morgan fingerprint density at radius 2 is 1.92 bits per heavy atom. The number of pyridine rings is 1. The molecule has 0 N–H and O–H groups in total. The molecule has 0 spiro atoms. The first-order valence-electron chi connectivity index (χ1n) is 9.42. The zero-order valence-corrected chi connectivity index (χ0v) is 14.7. The van der Waals surface area contributed by atoms with E-state index in [0.29, 0.717) is 25.2 Å². The normalized spacial score (nSPS) is 28.6. The number of piperidine rings is 1. The van der Waals surface area contributed by atoms with E-state index in [0.717, 1.165) is 52.0 Å². The molecule has 1 amide bonds. The Balaban J connectivity index is 1.42. The lowest BCUT2D eigenvalue weighted by Gasteiger charge is -2.47. The van der Waals surface area contributed by atoms with Gasteiger partial charge >= 0.3 is 0 Å². The number of morpholine rings is 1. The van der Waals surface area contributed by atoms with Gasteiger partial charge in [-0.05, 0) is 37.0 Å². The average molecular weight is 345 g/mol. The standard InChI is InChI=1S/C19H27N3O3/c23-19(16-4-10-24-11-5-16)22-8-3-18-17(14-22)21(9-12-25-18)13-15-1-6-20-7-2-15/h1-2,6-7,16-18H,3-5,8-14H2/t17-,18-/m1/s1. The number of hydrogen-bond acceptors (Lipinski definition) is 5. The van der Waals surface area contributed by atoms with Crippen molar-refractivity contribution in [2.75, 3.05) is 39.5 Å². The molecule has 3 fully saturated rings. The third kappa shape index (κ3) is 3.86. The lowest BCUT2D eigenvalue weighted by Crippen LogP contribution is -2.61. The third-order valence-corrected chi connectivity index (χ3v) is 5.72. The first kappa shape index (κ1) is 16.9. The second-order valence-corrected chi connectivity index (χ2v) is 7.26. The summed E-state index contributed by atoms with van der Waals surface area (Å²) in [5, 5.41) is 0. The SMILES string of the molecule is O=C(C1CCOCC1)N1CC[C@H]2OCCN(Cc3ccncc3)[C@@H]2C1. The van der Waals surface area contributed by atoms with Crippen LogP contribution >= 0.6 is 0 Å². The van der Waals surface area contributed by atoms with Crippen molar-refractivity contribution in [2.24, 2.45) is 5.92 Å². The molecule has 4 rings (SSSR count). The lowest BCUT2D eigenvalue weighted by molar-refractivity contribution is -0.149. The minimum atomic E-state index is 0.142. The maximum atomic E-state index is 12.9. The lowest BCUT2D eigenvalue weighted by atomic mass is 9.94. The number of nitrogens with zero attached hydrogens (tertiary/aromatic N) is 3. The number of aromatic nitrogens is 1. The van der Waals surface area contributed by atoms with Gasteiger partial charge in [0.15, 0.2) is 0 Å². The van der Waals surface area contributed by atoms with Crippen LogP contribution < -0.4 is 0 Å². The fourth-order valence-electron chi connectivity index (χ4n) is 4.26. The average Bonchev–Trinajstić information content (AvgIpc) is 2.69. The van der Waals surface area contributed by atoms with Crippen LogP contribution in [0, 0.1) is 5.92 Å². The summed E-state index contributed by atoms with van der Waals surface area (Å²) in [5.41, 5.74) is 1.27. The molecule has 6 nitrogen and oxygen atoms in total. The van der Waals surface area contributed by atoms with E-state index in [2.05, 4.69) is 26.9 Å². The summed E-state index contributed by atoms with van der Waals surface area (Å²) in [6, 6.07) is 4.43. The highest BCUT2D eigenvalue weighted by Gasteiger charge is 2.39. The van der Waals surface area contributed by atoms with Crippen LogP contribution in [-0.4, -0.2) is 72.3 Å². The zero-order chi connectivity index (χ0) is 17.1. The maximum absolute atomic E-state index is 12.9. The van der Waals surface area contributed by atoms with Crippen molar-refractivity contribution in [3.63, 3.8) is 0 Å². The molecule has 0 radical (unpaired) electrons. The van der Waals surface area contributed by atoms with Gasteiger partial charge in [-0.2, -0.15) is 0 Å². The molecule has 3 saturated heterocycles. The predicted octanol–water partition coefficient (Wildman–Crippen LogP) is 1.31. The summed E-state index contributed by atoms with van der Waals surface area (Å²) in [6.45, 7) is 5.63. The molecule has 1 aromatic rings. The molecule has 1 aromatic heterocycles. The van der Waals surface area contributed by atoms with Gasteiger partial charge in [0.1, 0.15) is 0 Å². The van der Waals surface area contributed by atoms with Crippen LogP contribution in [-0.2, 0) is 20.8 Å².